The van der Waals surface area contributed by atoms with Crippen LogP contribution in [0.1, 0.15) is 93.2 Å². The molecule has 2 unspecified atom stereocenters. The zero-order valence-corrected chi connectivity index (χ0v) is 27.4. The van der Waals surface area contributed by atoms with Crippen molar-refractivity contribution in [3.8, 4) is 11.4 Å². The fourth-order valence-electron chi connectivity index (χ4n) is 7.17. The van der Waals surface area contributed by atoms with Crippen LogP contribution in [0.2, 0.25) is 5.02 Å². The summed E-state index contributed by atoms with van der Waals surface area (Å²) in [6, 6.07) is 2.23. The van der Waals surface area contributed by atoms with E-state index in [-0.39, 0.29) is 61.1 Å². The highest BCUT2D eigenvalue weighted by Crippen LogP contribution is 2.46. The number of pyridine rings is 2. The number of carbonyl (C=O) groups excluding carboxylic acids is 3. The lowest BCUT2D eigenvalue weighted by atomic mass is 9.83. The Labute approximate surface area is 275 Å². The van der Waals surface area contributed by atoms with Crippen LogP contribution in [-0.2, 0) is 44.3 Å². The smallest absolute Gasteiger partial charge is 0.343 e. The second-order valence-electron chi connectivity index (χ2n) is 12.7. The molecule has 0 fully saturated rings. The lowest BCUT2D eigenvalue weighted by molar-refractivity contribution is -0.172. The number of cyclic esters (lactones) is 1. The van der Waals surface area contributed by atoms with Crippen LogP contribution in [0.3, 0.4) is 0 Å². The summed E-state index contributed by atoms with van der Waals surface area (Å²) in [6.07, 6.45) is 2.65. The van der Waals surface area contributed by atoms with Gasteiger partial charge < -0.3 is 29.7 Å². The number of rotatable bonds is 10. The number of hydrogen-bond donors (Lipinski definition) is 3. The Balaban J connectivity index is 1.43. The van der Waals surface area contributed by atoms with Crippen LogP contribution in [0, 0.1) is 5.82 Å². The Morgan fingerprint density at radius 2 is 2.00 bits per heavy atom. The molecule has 250 valence electrons. The molecule has 1 aromatic carbocycles. The van der Waals surface area contributed by atoms with Crippen molar-refractivity contribution >= 4 is 40.3 Å². The molecule has 2 aliphatic heterocycles. The molecule has 0 saturated carbocycles. The third-order valence-corrected chi connectivity index (χ3v) is 9.95. The van der Waals surface area contributed by atoms with Crippen molar-refractivity contribution in [1.82, 2.24) is 19.8 Å². The molecule has 0 radical (unpaired) electrons. The van der Waals surface area contributed by atoms with Crippen LogP contribution in [0.25, 0.3) is 22.3 Å². The number of aliphatic hydroxyl groups excluding tert-OH is 1. The normalized spacial score (nSPS) is 19.9. The first-order valence-corrected chi connectivity index (χ1v) is 16.5. The van der Waals surface area contributed by atoms with E-state index >= 15 is 4.39 Å². The van der Waals surface area contributed by atoms with E-state index in [2.05, 4.69) is 5.32 Å². The largest absolute Gasteiger partial charge is 0.458 e. The molecule has 3 atom stereocenters. The third-order valence-electron chi connectivity index (χ3n) is 9.54. The average Bonchev–Trinajstić information content (AvgIpc) is 3.40. The van der Waals surface area contributed by atoms with Gasteiger partial charge in [-0.15, -0.1) is 0 Å². The minimum atomic E-state index is -2.01. The summed E-state index contributed by atoms with van der Waals surface area (Å²) in [5.74, 6) is -2.13. The molecule has 6 rings (SSSR count). The first-order valence-electron chi connectivity index (χ1n) is 16.1. The van der Waals surface area contributed by atoms with Crippen molar-refractivity contribution < 1.29 is 33.7 Å². The molecule has 13 heteroatoms. The molecule has 0 spiro atoms. The second-order valence-corrected chi connectivity index (χ2v) is 13.1. The molecule has 47 heavy (non-hydrogen) atoms. The predicted molar refractivity (Wildman–Crippen MR) is 171 cm³/mol. The van der Waals surface area contributed by atoms with Crippen molar-refractivity contribution in [3.05, 3.63) is 61.1 Å². The molecular formula is C34H38ClFN4O7. The Kier molecular flexibility index (Phi) is 8.88. The van der Waals surface area contributed by atoms with Crippen molar-refractivity contribution in [1.29, 1.82) is 0 Å². The summed E-state index contributed by atoms with van der Waals surface area (Å²) in [5, 5.41) is 24.9. The third kappa shape index (κ3) is 5.59. The first-order chi connectivity index (χ1) is 22.4. The van der Waals surface area contributed by atoms with Crippen molar-refractivity contribution in [2.75, 3.05) is 13.1 Å². The Bertz CT molecular complexity index is 1880. The van der Waals surface area contributed by atoms with E-state index < -0.39 is 41.0 Å². The Morgan fingerprint density at radius 3 is 2.70 bits per heavy atom. The van der Waals surface area contributed by atoms with Crippen LogP contribution in [0.5, 0.6) is 0 Å². The monoisotopic (exact) mass is 668 g/mol. The zero-order chi connectivity index (χ0) is 33.8. The van der Waals surface area contributed by atoms with Gasteiger partial charge in [-0.05, 0) is 49.8 Å². The minimum Gasteiger partial charge on any atom is -0.458 e. The minimum absolute atomic E-state index is 0.00881. The maximum absolute atomic E-state index is 15.1. The van der Waals surface area contributed by atoms with E-state index in [0.717, 1.165) is 12.8 Å². The van der Waals surface area contributed by atoms with E-state index in [1.165, 1.54) is 15.5 Å². The number of aromatic nitrogens is 2. The second kappa shape index (κ2) is 12.6. The van der Waals surface area contributed by atoms with Gasteiger partial charge in [0.1, 0.15) is 12.4 Å². The molecule has 1 aliphatic carbocycles. The van der Waals surface area contributed by atoms with E-state index in [0.29, 0.717) is 58.2 Å². The molecule has 0 saturated heterocycles. The lowest BCUT2D eigenvalue weighted by Crippen LogP contribution is -2.45. The summed E-state index contributed by atoms with van der Waals surface area (Å²) in [4.78, 5) is 59.1. The Morgan fingerprint density at radius 1 is 1.23 bits per heavy atom. The maximum Gasteiger partial charge on any atom is 0.343 e. The molecule has 3 aliphatic rings. The first kappa shape index (κ1) is 33.0. The molecule has 2 aromatic heterocycles. The van der Waals surface area contributed by atoms with Gasteiger partial charge in [-0.1, -0.05) is 38.3 Å². The molecule has 4 heterocycles. The SMILES string of the molecule is CCCCCC(=O)N(CC(=O)NC1CCc2c(Cl)c(F)cc3nc4c(c1c23)Cn1c-4cc2c(c1=O)COC(=O)[C@]2(O)CC)CC(C)O. The van der Waals surface area contributed by atoms with Gasteiger partial charge in [-0.3, -0.25) is 14.4 Å². The quantitative estimate of drug-likeness (QED) is 0.171. The lowest BCUT2D eigenvalue weighted by Gasteiger charge is -2.31. The van der Waals surface area contributed by atoms with Crippen LogP contribution >= 0.6 is 11.6 Å². The Hall–Kier alpha value is -3.87. The van der Waals surface area contributed by atoms with E-state index in [4.69, 9.17) is 21.3 Å². The number of nitrogens with one attached hydrogen (secondary N) is 1. The molecule has 3 aromatic rings. The van der Waals surface area contributed by atoms with Crippen molar-refractivity contribution in [2.24, 2.45) is 0 Å². The summed E-state index contributed by atoms with van der Waals surface area (Å²) in [7, 11) is 0. The van der Waals surface area contributed by atoms with Crippen LogP contribution < -0.4 is 10.9 Å². The number of ether oxygens (including phenoxy) is 1. The molecule has 2 amide bonds. The van der Waals surface area contributed by atoms with Gasteiger partial charge >= 0.3 is 5.97 Å². The number of amides is 2. The van der Waals surface area contributed by atoms with Gasteiger partial charge in [0.25, 0.3) is 5.56 Å². The van der Waals surface area contributed by atoms with E-state index in [9.17, 15) is 29.4 Å². The highest BCUT2D eigenvalue weighted by Gasteiger charge is 2.46. The summed E-state index contributed by atoms with van der Waals surface area (Å²) >= 11 is 6.46. The molecule has 11 nitrogen and oxygen atoms in total. The fourth-order valence-corrected chi connectivity index (χ4v) is 7.41. The van der Waals surface area contributed by atoms with Crippen LogP contribution in [-0.4, -0.2) is 61.6 Å². The number of nitrogens with zero attached hydrogens (tertiary/aromatic N) is 3. The summed E-state index contributed by atoms with van der Waals surface area (Å²) in [5.41, 5.74) is 0.745. The highest BCUT2D eigenvalue weighted by molar-refractivity contribution is 6.32. The number of halogens is 2. The summed E-state index contributed by atoms with van der Waals surface area (Å²) < 4.78 is 21.8. The number of benzene rings is 1. The summed E-state index contributed by atoms with van der Waals surface area (Å²) in [6.45, 7) is 4.77. The standard InChI is InChI=1S/C34H38ClFN4O7/c1-4-6-7-8-27(43)39(13-17(3)41)15-26(42)37-23-10-9-18-28-24(12-22(36)30(18)35)38-31-19(29(23)28)14-40-25(31)11-21-20(32(40)44)16-47-33(45)34(21,46)5-2/h11-12,17,23,41,46H,4-10,13-16H2,1-3H3,(H,37,42)/t17?,23?,34-/m0/s1. The number of aliphatic hydroxyl groups is 2. The van der Waals surface area contributed by atoms with Crippen molar-refractivity contribution in [3.63, 3.8) is 0 Å². The fraction of sp³-hybridized carbons (Fsp3) is 0.500. The number of hydrogen-bond acceptors (Lipinski definition) is 8. The van der Waals surface area contributed by atoms with Gasteiger partial charge in [0.15, 0.2) is 5.60 Å². The number of esters is 1. The van der Waals surface area contributed by atoms with Gasteiger partial charge in [-0.2, -0.15) is 0 Å². The maximum atomic E-state index is 15.1. The average molecular weight is 669 g/mol. The number of carbonyl (C=O) groups is 3. The number of aryl methyl sites for hydroxylation is 1. The van der Waals surface area contributed by atoms with Crippen LogP contribution in [0.15, 0.2) is 16.9 Å². The van der Waals surface area contributed by atoms with Crippen LogP contribution in [0.4, 0.5) is 4.39 Å². The highest BCUT2D eigenvalue weighted by atomic mass is 35.5. The van der Waals surface area contributed by atoms with E-state index in [1.54, 1.807) is 19.9 Å². The van der Waals surface area contributed by atoms with Gasteiger partial charge in [-0.25, -0.2) is 14.2 Å². The molecular weight excluding hydrogens is 631 g/mol. The van der Waals surface area contributed by atoms with E-state index in [1.807, 2.05) is 6.92 Å². The number of fused-ring (bicyclic) bond motifs is 5. The van der Waals surface area contributed by atoms with Gasteiger partial charge in [0.05, 0.1) is 52.7 Å². The predicted octanol–water partition coefficient (Wildman–Crippen LogP) is 3.77. The molecule has 0 bridgehead atoms. The molecule has 3 N–H and O–H groups in total. The number of unbranched alkanes of at least 4 members (excludes halogenated alkanes) is 2. The topological polar surface area (TPSA) is 151 Å². The van der Waals surface area contributed by atoms with Crippen molar-refractivity contribution in [2.45, 2.75) is 96.6 Å². The zero-order valence-electron chi connectivity index (χ0n) is 26.6. The van der Waals surface area contributed by atoms with Gasteiger partial charge in [0, 0.05) is 35.5 Å². The van der Waals surface area contributed by atoms with Gasteiger partial charge in [0.2, 0.25) is 11.8 Å².